The Labute approximate surface area is 135 Å². The zero-order valence-electron chi connectivity index (χ0n) is 11.0. The predicted octanol–water partition coefficient (Wildman–Crippen LogP) is 4.88. The molecule has 2 rings (SSSR count). The molecule has 110 valence electrons. The molecule has 0 saturated heterocycles. The molecule has 8 heteroatoms. The van der Waals surface area contributed by atoms with Gasteiger partial charge < -0.3 is 5.32 Å². The summed E-state index contributed by atoms with van der Waals surface area (Å²) >= 11 is 13.5. The molecule has 0 saturated carbocycles. The van der Waals surface area contributed by atoms with Crippen LogP contribution in [0.15, 0.2) is 40.3 Å². The van der Waals surface area contributed by atoms with Crippen molar-refractivity contribution in [1.82, 2.24) is 4.98 Å². The second-order valence-electron chi connectivity index (χ2n) is 3.99. The molecule has 21 heavy (non-hydrogen) atoms. The quantitative estimate of drug-likeness (QED) is 0.618. The molecule has 0 fully saturated rings. The van der Waals surface area contributed by atoms with Crippen LogP contribution in [0.25, 0.3) is 0 Å². The van der Waals surface area contributed by atoms with Gasteiger partial charge in [-0.25, -0.2) is 4.98 Å². The molecule has 0 spiro atoms. The van der Waals surface area contributed by atoms with Crippen LogP contribution in [0, 0.1) is 10.1 Å². The summed E-state index contributed by atoms with van der Waals surface area (Å²) in [7, 11) is 0. The number of hydrogen-bond acceptors (Lipinski definition) is 5. The molecule has 0 amide bonds. The smallest absolute Gasteiger partial charge is 0.269 e. The van der Waals surface area contributed by atoms with E-state index in [1.54, 1.807) is 18.2 Å². The minimum atomic E-state index is -0.439. The molecule has 0 aliphatic heterocycles. The van der Waals surface area contributed by atoms with Crippen molar-refractivity contribution in [2.75, 3.05) is 11.9 Å². The Morgan fingerprint density at radius 3 is 2.52 bits per heavy atom. The van der Waals surface area contributed by atoms with Crippen LogP contribution in [0.2, 0.25) is 10.0 Å². The Morgan fingerprint density at radius 1 is 1.29 bits per heavy atom. The van der Waals surface area contributed by atoms with Gasteiger partial charge in [-0.15, -0.1) is 0 Å². The molecule has 1 aromatic carbocycles. The molecule has 0 unspecified atom stereocenters. The maximum absolute atomic E-state index is 10.6. The third kappa shape index (κ3) is 4.00. The molecular weight excluding hydrogens is 333 g/mol. The first kappa shape index (κ1) is 15.9. The van der Waals surface area contributed by atoms with Crippen molar-refractivity contribution in [3.63, 3.8) is 0 Å². The Balaban J connectivity index is 2.26. The van der Waals surface area contributed by atoms with Gasteiger partial charge >= 0.3 is 0 Å². The summed E-state index contributed by atoms with van der Waals surface area (Å²) in [6, 6.07) is 7.82. The van der Waals surface area contributed by atoms with Gasteiger partial charge in [-0.05, 0) is 25.1 Å². The normalized spacial score (nSPS) is 10.4. The van der Waals surface area contributed by atoms with E-state index in [0.29, 0.717) is 27.4 Å². The molecule has 5 nitrogen and oxygen atoms in total. The lowest BCUT2D eigenvalue weighted by Gasteiger charge is -2.09. The minimum Gasteiger partial charge on any atom is -0.369 e. The summed E-state index contributed by atoms with van der Waals surface area (Å²) in [5.41, 5.74) is 0.0443. The summed E-state index contributed by atoms with van der Waals surface area (Å²) in [6.45, 7) is 2.63. The lowest BCUT2D eigenvalue weighted by atomic mass is 10.3. The molecular formula is C13H11Cl2N3O2S. The van der Waals surface area contributed by atoms with Gasteiger partial charge in [0.05, 0.1) is 15.0 Å². The first-order chi connectivity index (χ1) is 10.0. The average molecular weight is 344 g/mol. The van der Waals surface area contributed by atoms with Gasteiger partial charge in [-0.1, -0.05) is 35.0 Å². The van der Waals surface area contributed by atoms with Gasteiger partial charge in [0.25, 0.3) is 5.69 Å². The van der Waals surface area contributed by atoms with Crippen molar-refractivity contribution in [2.24, 2.45) is 0 Å². The zero-order valence-corrected chi connectivity index (χ0v) is 13.3. The Bertz CT molecular complexity index is 665. The number of halogens is 2. The van der Waals surface area contributed by atoms with Crippen LogP contribution in [0.1, 0.15) is 6.92 Å². The third-order valence-electron chi connectivity index (χ3n) is 2.50. The van der Waals surface area contributed by atoms with Crippen molar-refractivity contribution >= 4 is 46.5 Å². The average Bonchev–Trinajstić information content (AvgIpc) is 2.45. The fourth-order valence-corrected chi connectivity index (χ4v) is 2.89. The second-order valence-corrected chi connectivity index (χ2v) is 5.87. The van der Waals surface area contributed by atoms with Crippen molar-refractivity contribution in [3.8, 4) is 0 Å². The van der Waals surface area contributed by atoms with E-state index < -0.39 is 4.92 Å². The first-order valence-electron chi connectivity index (χ1n) is 6.03. The number of nitrogens with zero attached hydrogens (tertiary/aromatic N) is 2. The molecule has 1 aromatic heterocycles. The Kier molecular flexibility index (Phi) is 5.27. The van der Waals surface area contributed by atoms with Crippen LogP contribution < -0.4 is 5.32 Å². The highest BCUT2D eigenvalue weighted by molar-refractivity contribution is 7.99. The van der Waals surface area contributed by atoms with Crippen LogP contribution in [0.4, 0.5) is 11.5 Å². The molecule has 0 aliphatic carbocycles. The van der Waals surface area contributed by atoms with Crippen molar-refractivity contribution in [3.05, 3.63) is 50.5 Å². The maximum atomic E-state index is 10.6. The monoisotopic (exact) mass is 343 g/mol. The fourth-order valence-electron chi connectivity index (χ4n) is 1.56. The van der Waals surface area contributed by atoms with Gasteiger partial charge in [-0.3, -0.25) is 10.1 Å². The number of hydrogen-bond donors (Lipinski definition) is 1. The number of pyridine rings is 1. The fraction of sp³-hybridized carbons (Fsp3) is 0.154. The van der Waals surface area contributed by atoms with E-state index in [-0.39, 0.29) is 5.69 Å². The summed E-state index contributed by atoms with van der Waals surface area (Å²) in [5.74, 6) is 0.563. The van der Waals surface area contributed by atoms with Crippen LogP contribution in [-0.4, -0.2) is 16.5 Å². The number of aromatic nitrogens is 1. The summed E-state index contributed by atoms with van der Waals surface area (Å²) in [6.07, 6.45) is 0. The second kappa shape index (κ2) is 6.98. The van der Waals surface area contributed by atoms with E-state index in [0.717, 1.165) is 4.90 Å². The van der Waals surface area contributed by atoms with Crippen LogP contribution >= 0.6 is 35.0 Å². The molecule has 0 atom stereocenters. The summed E-state index contributed by atoms with van der Waals surface area (Å²) in [5, 5.41) is 15.1. The standard InChI is InChI=1S/C13H11Cl2N3O2S/c1-2-16-12-10(14)7-11(15)13(17-12)21-9-5-3-8(4-6-9)18(19)20/h3-7H,2H2,1H3,(H,16,17). The highest BCUT2D eigenvalue weighted by Crippen LogP contribution is 2.36. The molecule has 0 radical (unpaired) electrons. The van der Waals surface area contributed by atoms with Crippen molar-refractivity contribution in [1.29, 1.82) is 0 Å². The van der Waals surface area contributed by atoms with E-state index >= 15 is 0 Å². The SMILES string of the molecule is CCNc1nc(Sc2ccc([N+](=O)[O-])cc2)c(Cl)cc1Cl. The third-order valence-corrected chi connectivity index (χ3v) is 4.20. The zero-order chi connectivity index (χ0) is 15.4. The van der Waals surface area contributed by atoms with Gasteiger partial charge in [-0.2, -0.15) is 0 Å². The molecule has 0 aliphatic rings. The van der Waals surface area contributed by atoms with Crippen molar-refractivity contribution < 1.29 is 4.92 Å². The lowest BCUT2D eigenvalue weighted by Crippen LogP contribution is -2.00. The number of benzene rings is 1. The largest absolute Gasteiger partial charge is 0.369 e. The van der Waals surface area contributed by atoms with Gasteiger partial charge in [0.1, 0.15) is 10.8 Å². The van der Waals surface area contributed by atoms with E-state index in [2.05, 4.69) is 10.3 Å². The summed E-state index contributed by atoms with van der Waals surface area (Å²) in [4.78, 5) is 15.4. The summed E-state index contributed by atoms with van der Waals surface area (Å²) < 4.78 is 0. The first-order valence-corrected chi connectivity index (χ1v) is 7.60. The number of nitro groups is 1. The van der Waals surface area contributed by atoms with Gasteiger partial charge in [0.2, 0.25) is 0 Å². The van der Waals surface area contributed by atoms with Crippen LogP contribution in [-0.2, 0) is 0 Å². The van der Waals surface area contributed by atoms with Crippen LogP contribution in [0.5, 0.6) is 0 Å². The minimum absolute atomic E-state index is 0.0443. The Morgan fingerprint density at radius 2 is 1.95 bits per heavy atom. The number of anilines is 1. The van der Waals surface area contributed by atoms with E-state index in [9.17, 15) is 10.1 Å². The number of rotatable bonds is 5. The van der Waals surface area contributed by atoms with E-state index in [1.807, 2.05) is 6.92 Å². The lowest BCUT2D eigenvalue weighted by molar-refractivity contribution is -0.384. The number of non-ortho nitro benzene ring substituents is 1. The highest BCUT2D eigenvalue weighted by atomic mass is 35.5. The molecule has 0 bridgehead atoms. The van der Waals surface area contributed by atoms with E-state index in [4.69, 9.17) is 23.2 Å². The van der Waals surface area contributed by atoms with E-state index in [1.165, 1.54) is 23.9 Å². The van der Waals surface area contributed by atoms with Gasteiger partial charge in [0, 0.05) is 23.6 Å². The molecule has 1 N–H and O–H groups in total. The topological polar surface area (TPSA) is 68.1 Å². The number of nitro benzene ring substituents is 1. The number of nitrogens with one attached hydrogen (secondary N) is 1. The molecule has 1 heterocycles. The predicted molar refractivity (Wildman–Crippen MR) is 85.6 cm³/mol. The van der Waals surface area contributed by atoms with Crippen molar-refractivity contribution in [2.45, 2.75) is 16.8 Å². The Hall–Kier alpha value is -1.50. The van der Waals surface area contributed by atoms with Crippen LogP contribution in [0.3, 0.4) is 0 Å². The maximum Gasteiger partial charge on any atom is 0.269 e. The highest BCUT2D eigenvalue weighted by Gasteiger charge is 2.11. The van der Waals surface area contributed by atoms with Gasteiger partial charge in [0.15, 0.2) is 0 Å². The molecule has 2 aromatic rings.